The molecule has 1 fully saturated rings. The lowest BCUT2D eigenvalue weighted by Gasteiger charge is -2.40. The molecule has 48 heavy (non-hydrogen) atoms. The number of ether oxygens (including phenoxy) is 2. The number of rotatable bonds is 8. The standard InChI is InChI=1S/C35H29ClF2N6O4/c1-19(22-12-11-20(13-29(22)37)27-14-21(36)15-30(38)31(27)32-41-43-44(2)42-32)39-33(45)35(17-47-18-35)40-34(46)48-16-28-25-9-5-3-7-23(25)24-8-4-6-10-26(24)28/h3-15,19,28H,16-18H2,1-2H3,(H,39,45)(H,40,46)/t19-/m1/s1. The highest BCUT2D eigenvalue weighted by atomic mass is 35.5. The Kier molecular flexibility index (Phi) is 8.14. The number of hydrogen-bond donors (Lipinski definition) is 2. The first kappa shape index (κ1) is 31.4. The predicted octanol–water partition coefficient (Wildman–Crippen LogP) is 5.96. The number of amides is 2. The zero-order valence-corrected chi connectivity index (χ0v) is 26.6. The quantitative estimate of drug-likeness (QED) is 0.209. The van der Waals surface area contributed by atoms with E-state index in [1.165, 1.54) is 23.0 Å². The maximum Gasteiger partial charge on any atom is 0.408 e. The van der Waals surface area contributed by atoms with Crippen molar-refractivity contribution in [1.29, 1.82) is 0 Å². The average molecular weight is 671 g/mol. The van der Waals surface area contributed by atoms with Crippen molar-refractivity contribution >= 4 is 23.6 Å². The van der Waals surface area contributed by atoms with E-state index in [4.69, 9.17) is 21.1 Å². The third-order valence-corrected chi connectivity index (χ3v) is 8.95. The van der Waals surface area contributed by atoms with Gasteiger partial charge < -0.3 is 20.1 Å². The van der Waals surface area contributed by atoms with E-state index in [0.29, 0.717) is 5.56 Å². The molecule has 4 aromatic carbocycles. The van der Waals surface area contributed by atoms with Crippen LogP contribution in [-0.4, -0.2) is 57.6 Å². The van der Waals surface area contributed by atoms with Crippen molar-refractivity contribution in [3.8, 4) is 33.6 Å². The van der Waals surface area contributed by atoms with E-state index in [1.807, 2.05) is 48.5 Å². The summed E-state index contributed by atoms with van der Waals surface area (Å²) in [5.74, 6) is -2.02. The monoisotopic (exact) mass is 670 g/mol. The van der Waals surface area contributed by atoms with Crippen LogP contribution in [0.5, 0.6) is 0 Å². The topological polar surface area (TPSA) is 120 Å². The van der Waals surface area contributed by atoms with E-state index < -0.39 is 35.2 Å². The largest absolute Gasteiger partial charge is 0.449 e. The zero-order valence-electron chi connectivity index (χ0n) is 25.8. The number of tetrazole rings is 1. The van der Waals surface area contributed by atoms with E-state index in [-0.39, 0.29) is 53.3 Å². The van der Waals surface area contributed by atoms with Crippen LogP contribution in [0.2, 0.25) is 5.02 Å². The second-order valence-electron chi connectivity index (χ2n) is 11.9. The van der Waals surface area contributed by atoms with Gasteiger partial charge in [-0.3, -0.25) is 4.79 Å². The van der Waals surface area contributed by atoms with Crippen LogP contribution in [0.1, 0.15) is 35.6 Å². The Balaban J connectivity index is 1.04. The van der Waals surface area contributed by atoms with Crippen molar-refractivity contribution in [3.05, 3.63) is 112 Å². The summed E-state index contributed by atoms with van der Waals surface area (Å²) in [4.78, 5) is 27.7. The van der Waals surface area contributed by atoms with E-state index in [2.05, 4.69) is 26.0 Å². The summed E-state index contributed by atoms with van der Waals surface area (Å²) < 4.78 is 41.6. The number of alkyl carbamates (subject to hydrolysis) is 1. The van der Waals surface area contributed by atoms with Gasteiger partial charge in [0.05, 0.1) is 31.9 Å². The fourth-order valence-electron chi connectivity index (χ4n) is 6.27. The number of benzene rings is 4. The Labute approximate surface area is 279 Å². The predicted molar refractivity (Wildman–Crippen MR) is 173 cm³/mol. The van der Waals surface area contributed by atoms with Crippen LogP contribution in [0.15, 0.2) is 78.9 Å². The minimum atomic E-state index is -1.38. The van der Waals surface area contributed by atoms with Crippen molar-refractivity contribution in [2.24, 2.45) is 7.05 Å². The minimum absolute atomic E-state index is 0.0173. The van der Waals surface area contributed by atoms with Gasteiger partial charge in [0.15, 0.2) is 5.54 Å². The lowest BCUT2D eigenvalue weighted by atomic mass is 9.94. The molecule has 0 radical (unpaired) electrons. The Bertz CT molecular complexity index is 2020. The number of aryl methyl sites for hydroxylation is 1. The number of nitrogens with zero attached hydrogens (tertiary/aromatic N) is 4. The van der Waals surface area contributed by atoms with Crippen molar-refractivity contribution < 1.29 is 27.8 Å². The number of halogens is 3. The minimum Gasteiger partial charge on any atom is -0.449 e. The molecule has 5 aromatic rings. The van der Waals surface area contributed by atoms with Crippen LogP contribution < -0.4 is 10.6 Å². The Morgan fingerprint density at radius 1 is 1.00 bits per heavy atom. The lowest BCUT2D eigenvalue weighted by Crippen LogP contribution is -2.70. The summed E-state index contributed by atoms with van der Waals surface area (Å²) in [6.07, 6.45) is -0.763. The van der Waals surface area contributed by atoms with Crippen LogP contribution in [-0.2, 0) is 21.3 Å². The molecular weight excluding hydrogens is 642 g/mol. The van der Waals surface area contributed by atoms with Crippen molar-refractivity contribution in [2.75, 3.05) is 19.8 Å². The van der Waals surface area contributed by atoms with E-state index in [1.54, 1.807) is 20.0 Å². The van der Waals surface area contributed by atoms with Gasteiger partial charge >= 0.3 is 6.09 Å². The smallest absolute Gasteiger partial charge is 0.408 e. The summed E-state index contributed by atoms with van der Waals surface area (Å²) in [6, 6.07) is 22.1. The highest BCUT2D eigenvalue weighted by Gasteiger charge is 2.48. The molecule has 0 unspecified atom stereocenters. The number of carbonyl (C=O) groups is 2. The fourth-order valence-corrected chi connectivity index (χ4v) is 6.47. The molecule has 0 spiro atoms. The summed E-state index contributed by atoms with van der Waals surface area (Å²) in [7, 11) is 1.54. The molecule has 1 aromatic heterocycles. The molecule has 2 N–H and O–H groups in total. The number of hydrogen-bond acceptors (Lipinski definition) is 7. The van der Waals surface area contributed by atoms with Gasteiger partial charge in [0.1, 0.15) is 18.2 Å². The van der Waals surface area contributed by atoms with Crippen LogP contribution in [0.3, 0.4) is 0 Å². The third kappa shape index (κ3) is 5.67. The van der Waals surface area contributed by atoms with Gasteiger partial charge in [-0.1, -0.05) is 72.3 Å². The van der Waals surface area contributed by atoms with Crippen molar-refractivity contribution in [2.45, 2.75) is 24.4 Å². The van der Waals surface area contributed by atoms with Crippen LogP contribution in [0.25, 0.3) is 33.6 Å². The summed E-state index contributed by atoms with van der Waals surface area (Å²) in [5.41, 5.74) is 3.73. The van der Waals surface area contributed by atoms with Gasteiger partial charge in [-0.25, -0.2) is 13.6 Å². The first-order chi connectivity index (χ1) is 23.1. The first-order valence-electron chi connectivity index (χ1n) is 15.2. The summed E-state index contributed by atoms with van der Waals surface area (Å²) in [6.45, 7) is 1.55. The highest BCUT2D eigenvalue weighted by Crippen LogP contribution is 2.44. The van der Waals surface area contributed by atoms with Crippen LogP contribution in [0.4, 0.5) is 13.6 Å². The zero-order chi connectivity index (χ0) is 33.6. The van der Waals surface area contributed by atoms with E-state index >= 15 is 8.78 Å². The molecule has 2 heterocycles. The Morgan fingerprint density at radius 2 is 1.69 bits per heavy atom. The average Bonchev–Trinajstić information content (AvgIpc) is 3.61. The summed E-state index contributed by atoms with van der Waals surface area (Å²) in [5, 5.41) is 17.3. The number of aromatic nitrogens is 4. The number of fused-ring (bicyclic) bond motifs is 3. The fraction of sp³-hybridized carbons (Fsp3) is 0.229. The Morgan fingerprint density at radius 3 is 2.29 bits per heavy atom. The van der Waals surface area contributed by atoms with Gasteiger partial charge in [0, 0.05) is 16.5 Å². The number of carbonyl (C=O) groups excluding carboxylic acids is 2. The molecule has 13 heteroatoms. The van der Waals surface area contributed by atoms with Gasteiger partial charge in [-0.2, -0.15) is 4.80 Å². The van der Waals surface area contributed by atoms with Crippen LogP contribution in [0, 0.1) is 11.6 Å². The maximum absolute atomic E-state index is 15.6. The second kappa shape index (κ2) is 12.4. The van der Waals surface area contributed by atoms with Crippen molar-refractivity contribution in [1.82, 2.24) is 30.8 Å². The molecule has 1 aliphatic carbocycles. The molecule has 1 saturated heterocycles. The molecular formula is C35H29ClF2N6O4. The van der Waals surface area contributed by atoms with E-state index in [9.17, 15) is 9.59 Å². The molecule has 7 rings (SSSR count). The normalized spacial score (nSPS) is 15.2. The molecule has 2 amide bonds. The lowest BCUT2D eigenvalue weighted by molar-refractivity contribution is -0.148. The third-order valence-electron chi connectivity index (χ3n) is 8.73. The number of nitrogens with one attached hydrogen (secondary N) is 2. The Hall–Kier alpha value is -5.20. The van der Waals surface area contributed by atoms with Gasteiger partial charge in [-0.05, 0) is 63.7 Å². The van der Waals surface area contributed by atoms with Crippen molar-refractivity contribution in [3.63, 3.8) is 0 Å². The van der Waals surface area contributed by atoms with E-state index in [0.717, 1.165) is 28.3 Å². The molecule has 10 nitrogen and oxygen atoms in total. The SMILES string of the molecule is C[C@@H](NC(=O)C1(NC(=O)OCC2c3ccccc3-c3ccccc32)COC1)c1ccc(-c2cc(Cl)cc(F)c2-c2nnn(C)n2)cc1F. The second-order valence-corrected chi connectivity index (χ2v) is 12.3. The molecule has 1 atom stereocenters. The van der Waals surface area contributed by atoms with Gasteiger partial charge in [0.2, 0.25) is 5.82 Å². The van der Waals surface area contributed by atoms with Gasteiger partial charge in [0.25, 0.3) is 5.91 Å². The molecule has 0 bridgehead atoms. The maximum atomic E-state index is 15.6. The first-order valence-corrected chi connectivity index (χ1v) is 15.6. The molecule has 2 aliphatic rings. The van der Waals surface area contributed by atoms with Gasteiger partial charge in [-0.15, -0.1) is 10.2 Å². The molecule has 244 valence electrons. The highest BCUT2D eigenvalue weighted by molar-refractivity contribution is 6.31. The van der Waals surface area contributed by atoms with Crippen LogP contribution >= 0.6 is 11.6 Å². The summed E-state index contributed by atoms with van der Waals surface area (Å²) >= 11 is 6.14. The molecule has 0 saturated carbocycles. The molecule has 1 aliphatic heterocycles.